The molecular weight excluding hydrogens is 382 g/mol. The molecule has 1 aliphatic rings. The van der Waals surface area contributed by atoms with Gasteiger partial charge in [-0.25, -0.2) is 0 Å². The first kappa shape index (κ1) is 17.5. The van der Waals surface area contributed by atoms with Gasteiger partial charge in [0.2, 0.25) is 0 Å². The number of halogens is 1. The molecule has 2 heterocycles. The maximum Gasteiger partial charge on any atom is 0.196 e. The average molecular weight is 398 g/mol. The number of aromatic hydroxyl groups is 1. The molecule has 0 spiro atoms. The molecule has 1 aliphatic heterocycles. The number of benzene rings is 3. The third-order valence-corrected chi connectivity index (χ3v) is 5.27. The summed E-state index contributed by atoms with van der Waals surface area (Å²) in [6, 6.07) is 21.4. The van der Waals surface area contributed by atoms with E-state index in [0.29, 0.717) is 5.02 Å². The predicted molar refractivity (Wildman–Crippen MR) is 118 cm³/mol. The van der Waals surface area contributed by atoms with Crippen LogP contribution in [0.4, 0.5) is 5.69 Å². The molecule has 0 bridgehead atoms. The molecule has 0 amide bonds. The summed E-state index contributed by atoms with van der Waals surface area (Å²) in [5.74, 6) is 0.156. The summed E-state index contributed by atoms with van der Waals surface area (Å²) in [4.78, 5) is 3.00. The van der Waals surface area contributed by atoms with Crippen LogP contribution in [0.25, 0.3) is 28.8 Å². The Kier molecular flexibility index (Phi) is 4.26. The van der Waals surface area contributed by atoms with E-state index in [1.165, 1.54) is 0 Å². The van der Waals surface area contributed by atoms with Crippen molar-refractivity contribution >= 4 is 46.0 Å². The molecule has 2 N–H and O–H groups in total. The average Bonchev–Trinajstić information content (AvgIpc) is 3.28. The summed E-state index contributed by atoms with van der Waals surface area (Å²) >= 11 is 6.21. The van der Waals surface area contributed by atoms with E-state index < -0.39 is 0 Å². The highest BCUT2D eigenvalue weighted by Crippen LogP contribution is 2.27. The Bertz CT molecular complexity index is 1430. The number of para-hydroxylation sites is 1. The zero-order valence-electron chi connectivity index (χ0n) is 15.3. The fraction of sp³-hybridized carbons (Fsp3) is 0. The van der Waals surface area contributed by atoms with Gasteiger partial charge in [-0.2, -0.15) is 0 Å². The van der Waals surface area contributed by atoms with Gasteiger partial charge in [-0.3, -0.25) is 0 Å². The number of hydrogen-bond donors (Lipinski definition) is 2. The van der Waals surface area contributed by atoms with Crippen molar-refractivity contribution in [2.24, 2.45) is 10.2 Å². The molecule has 5 rings (SSSR count). The molecule has 0 aliphatic carbocycles. The summed E-state index contributed by atoms with van der Waals surface area (Å²) in [5, 5.41) is 22.5. The molecule has 29 heavy (non-hydrogen) atoms. The molecule has 4 nitrogen and oxygen atoms in total. The van der Waals surface area contributed by atoms with Gasteiger partial charge in [-0.05, 0) is 47.2 Å². The van der Waals surface area contributed by atoms with Crippen LogP contribution in [-0.4, -0.2) is 10.1 Å². The number of fused-ring (bicyclic) bond motifs is 2. The van der Waals surface area contributed by atoms with Crippen molar-refractivity contribution < 1.29 is 5.11 Å². The smallest absolute Gasteiger partial charge is 0.196 e. The van der Waals surface area contributed by atoms with E-state index in [1.807, 2.05) is 85.0 Å². The van der Waals surface area contributed by atoms with Gasteiger partial charge in [-0.1, -0.05) is 60.1 Å². The zero-order valence-corrected chi connectivity index (χ0v) is 16.1. The minimum atomic E-state index is 0.156. The highest BCUT2D eigenvalue weighted by molar-refractivity contribution is 6.32. The summed E-state index contributed by atoms with van der Waals surface area (Å²) < 4.78 is 0. The van der Waals surface area contributed by atoms with Crippen LogP contribution in [0.5, 0.6) is 5.88 Å². The van der Waals surface area contributed by atoms with E-state index in [1.54, 1.807) is 0 Å². The fourth-order valence-electron chi connectivity index (χ4n) is 3.46. The van der Waals surface area contributed by atoms with Crippen molar-refractivity contribution in [1.29, 1.82) is 0 Å². The first-order valence-corrected chi connectivity index (χ1v) is 9.57. The molecule has 0 radical (unpaired) electrons. The van der Waals surface area contributed by atoms with Gasteiger partial charge in [0.1, 0.15) is 0 Å². The van der Waals surface area contributed by atoms with E-state index in [0.717, 1.165) is 43.9 Å². The van der Waals surface area contributed by atoms with Crippen molar-refractivity contribution in [3.63, 3.8) is 0 Å². The fourth-order valence-corrected chi connectivity index (χ4v) is 3.66. The summed E-state index contributed by atoms with van der Waals surface area (Å²) in [5.41, 5.74) is 4.19. The van der Waals surface area contributed by atoms with Crippen LogP contribution in [-0.2, 0) is 0 Å². The van der Waals surface area contributed by atoms with Crippen LogP contribution in [0.3, 0.4) is 0 Å². The Morgan fingerprint density at radius 1 is 0.897 bits per heavy atom. The molecule has 1 aromatic heterocycles. The zero-order chi connectivity index (χ0) is 19.8. The van der Waals surface area contributed by atoms with Crippen molar-refractivity contribution in [2.45, 2.75) is 0 Å². The first-order valence-electron chi connectivity index (χ1n) is 9.19. The SMILES string of the molecule is Oc1[nH]c2ccccc2c1/C=c1\ccc2c(c1)N=NC=2/C=C/c1ccccc1Cl. The van der Waals surface area contributed by atoms with E-state index in [9.17, 15) is 5.11 Å². The Labute approximate surface area is 171 Å². The monoisotopic (exact) mass is 397 g/mol. The maximum absolute atomic E-state index is 10.3. The number of nitrogens with zero attached hydrogens (tertiary/aromatic N) is 2. The molecule has 0 saturated heterocycles. The van der Waals surface area contributed by atoms with Crippen LogP contribution in [0.15, 0.2) is 83.0 Å². The molecule has 4 aromatic rings. The topological polar surface area (TPSA) is 60.7 Å². The van der Waals surface area contributed by atoms with Crippen LogP contribution in [0.1, 0.15) is 11.1 Å². The second-order valence-electron chi connectivity index (χ2n) is 6.79. The molecule has 0 saturated carbocycles. The number of nitrogens with one attached hydrogen (secondary N) is 1. The molecular formula is C24H16ClN3O. The standard InChI is InChI=1S/C24H16ClN3O/c25-20-7-3-1-5-16(20)10-12-22-18-11-9-15(14-23(18)28-27-22)13-19-17-6-2-4-8-21(17)26-24(19)29/h1-14,26,29H/b12-10+,15-13+. The summed E-state index contributed by atoms with van der Waals surface area (Å²) in [6.45, 7) is 0. The number of rotatable bonds is 3. The normalized spacial score (nSPS) is 13.7. The largest absolute Gasteiger partial charge is 0.494 e. The van der Waals surface area contributed by atoms with Crippen molar-refractivity contribution in [3.05, 3.63) is 99.4 Å². The summed E-state index contributed by atoms with van der Waals surface area (Å²) in [6.07, 6.45) is 5.81. The van der Waals surface area contributed by atoms with E-state index >= 15 is 0 Å². The molecule has 0 fully saturated rings. The number of azo groups is 1. The quantitative estimate of drug-likeness (QED) is 0.485. The predicted octanol–water partition coefficient (Wildman–Crippen LogP) is 5.27. The highest BCUT2D eigenvalue weighted by Gasteiger charge is 2.09. The Hall–Kier alpha value is -3.63. The van der Waals surface area contributed by atoms with E-state index in [-0.39, 0.29) is 5.88 Å². The maximum atomic E-state index is 10.3. The second kappa shape index (κ2) is 7.08. The number of aromatic nitrogens is 1. The Morgan fingerprint density at radius 2 is 1.72 bits per heavy atom. The number of hydrogen-bond acceptors (Lipinski definition) is 3. The van der Waals surface area contributed by atoms with E-state index in [2.05, 4.69) is 15.2 Å². The van der Waals surface area contributed by atoms with Crippen molar-refractivity contribution in [2.75, 3.05) is 0 Å². The summed E-state index contributed by atoms with van der Waals surface area (Å²) in [7, 11) is 0. The van der Waals surface area contributed by atoms with Crippen molar-refractivity contribution in [3.8, 4) is 5.88 Å². The second-order valence-corrected chi connectivity index (χ2v) is 7.20. The van der Waals surface area contributed by atoms with Gasteiger partial charge in [-0.15, -0.1) is 10.2 Å². The third kappa shape index (κ3) is 3.24. The van der Waals surface area contributed by atoms with Crippen LogP contribution < -0.4 is 10.4 Å². The van der Waals surface area contributed by atoms with Crippen LogP contribution in [0, 0.1) is 0 Å². The van der Waals surface area contributed by atoms with Gasteiger partial charge in [0.15, 0.2) is 5.88 Å². The Balaban J connectivity index is 1.56. The van der Waals surface area contributed by atoms with Gasteiger partial charge in [0.25, 0.3) is 0 Å². The lowest BCUT2D eigenvalue weighted by Crippen LogP contribution is -2.08. The molecule has 140 valence electrons. The van der Waals surface area contributed by atoms with Crippen LogP contribution in [0.2, 0.25) is 5.02 Å². The van der Waals surface area contributed by atoms with Gasteiger partial charge in [0.05, 0.1) is 11.4 Å². The number of H-pyrrole nitrogens is 1. The van der Waals surface area contributed by atoms with Crippen molar-refractivity contribution in [1.82, 2.24) is 4.98 Å². The third-order valence-electron chi connectivity index (χ3n) is 4.93. The highest BCUT2D eigenvalue weighted by atomic mass is 35.5. The minimum absolute atomic E-state index is 0.156. The lowest BCUT2D eigenvalue weighted by Gasteiger charge is -1.96. The van der Waals surface area contributed by atoms with Gasteiger partial charge in [0, 0.05) is 26.7 Å². The molecule has 5 heteroatoms. The number of aromatic amines is 1. The van der Waals surface area contributed by atoms with Gasteiger partial charge < -0.3 is 10.1 Å². The Morgan fingerprint density at radius 3 is 2.62 bits per heavy atom. The van der Waals surface area contributed by atoms with Crippen LogP contribution >= 0.6 is 11.6 Å². The lowest BCUT2D eigenvalue weighted by molar-refractivity contribution is 0.457. The minimum Gasteiger partial charge on any atom is -0.494 e. The lowest BCUT2D eigenvalue weighted by atomic mass is 10.1. The first-order chi connectivity index (χ1) is 14.2. The van der Waals surface area contributed by atoms with E-state index in [4.69, 9.17) is 11.6 Å². The molecule has 0 atom stereocenters. The molecule has 0 unspecified atom stereocenters. The van der Waals surface area contributed by atoms with Gasteiger partial charge >= 0.3 is 0 Å². The molecule has 3 aromatic carbocycles.